The van der Waals surface area contributed by atoms with Crippen LogP contribution in [0.4, 0.5) is 5.69 Å². The van der Waals surface area contributed by atoms with E-state index in [9.17, 15) is 24.0 Å². The molecule has 0 aromatic heterocycles. The van der Waals surface area contributed by atoms with Gasteiger partial charge in [-0.2, -0.15) is 0 Å². The number of rotatable bonds is 3. The zero-order valence-electron chi connectivity index (χ0n) is 17.6. The molecule has 3 fully saturated rings. The number of nitrogens with zero attached hydrogens (tertiary/aromatic N) is 3. The van der Waals surface area contributed by atoms with E-state index in [-0.39, 0.29) is 35.9 Å². The van der Waals surface area contributed by atoms with Crippen LogP contribution in [0.25, 0.3) is 0 Å². The second-order valence-corrected chi connectivity index (χ2v) is 8.57. The van der Waals surface area contributed by atoms with E-state index in [0.29, 0.717) is 31.7 Å². The molecule has 1 unspecified atom stereocenters. The smallest absolute Gasteiger partial charge is 0.264 e. The largest absolute Gasteiger partial charge is 0.359 e. The Morgan fingerprint density at radius 1 is 0.969 bits per heavy atom. The van der Waals surface area contributed by atoms with E-state index in [1.165, 1.54) is 0 Å². The summed E-state index contributed by atoms with van der Waals surface area (Å²) in [6.45, 7) is 3.42. The molecule has 4 heterocycles. The topological polar surface area (TPSA) is 119 Å². The van der Waals surface area contributed by atoms with Gasteiger partial charge in [0.05, 0.1) is 16.8 Å². The average Bonchev–Trinajstić information content (AvgIpc) is 3.38. The van der Waals surface area contributed by atoms with E-state index >= 15 is 0 Å². The number of imide groups is 2. The minimum absolute atomic E-state index is 0.0420. The Morgan fingerprint density at radius 3 is 2.50 bits per heavy atom. The van der Waals surface area contributed by atoms with Crippen molar-refractivity contribution in [3.8, 4) is 0 Å². The summed E-state index contributed by atoms with van der Waals surface area (Å²) in [6, 6.07) is 3.66. The van der Waals surface area contributed by atoms with Crippen LogP contribution in [0.1, 0.15) is 46.4 Å². The Kier molecular flexibility index (Phi) is 5.16. The number of fused-ring (bicyclic) bond motifs is 1. The average molecular weight is 439 g/mol. The molecule has 32 heavy (non-hydrogen) atoms. The predicted molar refractivity (Wildman–Crippen MR) is 113 cm³/mol. The number of hydrogen-bond donors (Lipinski definition) is 2. The van der Waals surface area contributed by atoms with Crippen molar-refractivity contribution in [1.29, 1.82) is 0 Å². The van der Waals surface area contributed by atoms with Gasteiger partial charge in [-0.05, 0) is 31.4 Å². The van der Waals surface area contributed by atoms with E-state index in [1.807, 2.05) is 9.80 Å². The molecule has 4 aliphatic rings. The van der Waals surface area contributed by atoms with Gasteiger partial charge >= 0.3 is 0 Å². The molecule has 0 bridgehead atoms. The maximum atomic E-state index is 13.4. The normalized spacial score (nSPS) is 25.9. The van der Waals surface area contributed by atoms with Crippen LogP contribution in [0, 0.1) is 0 Å². The number of amides is 5. The van der Waals surface area contributed by atoms with Crippen molar-refractivity contribution in [2.75, 3.05) is 37.6 Å². The second-order valence-electron chi connectivity index (χ2n) is 8.57. The van der Waals surface area contributed by atoms with Crippen molar-refractivity contribution in [2.45, 2.75) is 37.8 Å². The molecule has 2 atom stereocenters. The first-order valence-electron chi connectivity index (χ1n) is 11.1. The van der Waals surface area contributed by atoms with Crippen molar-refractivity contribution in [1.82, 2.24) is 20.4 Å². The second kappa shape index (κ2) is 8.01. The summed E-state index contributed by atoms with van der Waals surface area (Å²) >= 11 is 0. The molecule has 1 aromatic rings. The van der Waals surface area contributed by atoms with Gasteiger partial charge < -0.3 is 15.1 Å². The highest BCUT2D eigenvalue weighted by molar-refractivity contribution is 6.25. The molecule has 0 spiro atoms. The lowest BCUT2D eigenvalue weighted by molar-refractivity contribution is -0.136. The Labute approximate surface area is 184 Å². The third kappa shape index (κ3) is 3.26. The standard InChI is InChI=1S/C22H25N5O5/c28-17-7-6-15(19(29)24-17)27-20(30)13-3-1-4-14(18(13)22(27)32)26-10-2-5-16(26)21(31)25-11-8-23-9-12-25/h1,3-4,15-16,23H,2,5-12H2,(H,24,28,29)/t15?,16-/m1/s1. The van der Waals surface area contributed by atoms with E-state index in [4.69, 9.17) is 0 Å². The van der Waals surface area contributed by atoms with E-state index in [1.54, 1.807) is 18.2 Å². The predicted octanol–water partition coefficient (Wildman–Crippen LogP) is -0.512. The van der Waals surface area contributed by atoms with Gasteiger partial charge in [-0.1, -0.05) is 6.07 Å². The number of piperidine rings is 1. The third-order valence-electron chi connectivity index (χ3n) is 6.72. The lowest BCUT2D eigenvalue weighted by Crippen LogP contribution is -2.54. The third-order valence-corrected chi connectivity index (χ3v) is 6.72. The minimum Gasteiger partial charge on any atom is -0.359 e. The molecule has 4 aliphatic heterocycles. The molecule has 168 valence electrons. The molecule has 5 amide bonds. The van der Waals surface area contributed by atoms with Crippen molar-refractivity contribution in [3.63, 3.8) is 0 Å². The fraction of sp³-hybridized carbons (Fsp3) is 0.500. The van der Waals surface area contributed by atoms with Gasteiger partial charge in [0.2, 0.25) is 17.7 Å². The van der Waals surface area contributed by atoms with Crippen LogP contribution in [-0.4, -0.2) is 84.1 Å². The van der Waals surface area contributed by atoms with Gasteiger partial charge in [0.1, 0.15) is 12.1 Å². The molecule has 0 radical (unpaired) electrons. The molecule has 10 nitrogen and oxygen atoms in total. The number of anilines is 1. The molecule has 2 N–H and O–H groups in total. The minimum atomic E-state index is -1.01. The molecular formula is C22H25N5O5. The zero-order chi connectivity index (χ0) is 22.4. The zero-order valence-corrected chi connectivity index (χ0v) is 17.6. The Hall–Kier alpha value is -3.27. The van der Waals surface area contributed by atoms with Crippen LogP contribution < -0.4 is 15.5 Å². The van der Waals surface area contributed by atoms with Crippen LogP contribution in [0.15, 0.2) is 18.2 Å². The summed E-state index contributed by atoms with van der Waals surface area (Å²) in [6.07, 6.45) is 1.68. The summed E-state index contributed by atoms with van der Waals surface area (Å²) in [4.78, 5) is 68.3. The quantitative estimate of drug-likeness (QED) is 0.609. The van der Waals surface area contributed by atoms with Crippen molar-refractivity contribution < 1.29 is 24.0 Å². The molecule has 5 rings (SSSR count). The van der Waals surface area contributed by atoms with Crippen molar-refractivity contribution in [2.24, 2.45) is 0 Å². The van der Waals surface area contributed by atoms with Gasteiger partial charge in [0, 0.05) is 39.1 Å². The maximum Gasteiger partial charge on any atom is 0.264 e. The fourth-order valence-electron chi connectivity index (χ4n) is 5.14. The fourth-order valence-corrected chi connectivity index (χ4v) is 5.14. The Morgan fingerprint density at radius 2 is 1.75 bits per heavy atom. The molecular weight excluding hydrogens is 414 g/mol. The number of carbonyl (C=O) groups excluding carboxylic acids is 5. The summed E-state index contributed by atoms with van der Waals surface area (Å²) in [5.74, 6) is -2.08. The van der Waals surface area contributed by atoms with Gasteiger partial charge in [-0.25, -0.2) is 0 Å². The van der Waals surface area contributed by atoms with Crippen LogP contribution >= 0.6 is 0 Å². The van der Waals surface area contributed by atoms with Crippen LogP contribution in [0.2, 0.25) is 0 Å². The van der Waals surface area contributed by atoms with Gasteiger partial charge in [0.25, 0.3) is 11.8 Å². The molecule has 3 saturated heterocycles. The van der Waals surface area contributed by atoms with E-state index < -0.39 is 29.7 Å². The van der Waals surface area contributed by atoms with Crippen molar-refractivity contribution in [3.05, 3.63) is 29.3 Å². The van der Waals surface area contributed by atoms with Gasteiger partial charge in [-0.3, -0.25) is 34.2 Å². The van der Waals surface area contributed by atoms with Crippen LogP contribution in [0.5, 0.6) is 0 Å². The summed E-state index contributed by atoms with van der Waals surface area (Å²) in [5, 5.41) is 5.45. The first kappa shape index (κ1) is 20.6. The summed E-state index contributed by atoms with van der Waals surface area (Å²) in [5.41, 5.74) is 1.03. The Bertz CT molecular complexity index is 1020. The summed E-state index contributed by atoms with van der Waals surface area (Å²) < 4.78 is 0. The SMILES string of the molecule is O=C1CCC(N2C(=O)c3cccc(N4CCC[C@@H]4C(=O)N4CCNCC4)c3C2=O)C(=O)N1. The van der Waals surface area contributed by atoms with E-state index in [2.05, 4.69) is 10.6 Å². The van der Waals surface area contributed by atoms with Gasteiger partial charge in [0.15, 0.2) is 0 Å². The van der Waals surface area contributed by atoms with Crippen molar-refractivity contribution >= 4 is 35.2 Å². The first-order chi connectivity index (χ1) is 15.5. The van der Waals surface area contributed by atoms with Crippen LogP contribution in [-0.2, 0) is 14.4 Å². The highest BCUT2D eigenvalue weighted by atomic mass is 16.2. The highest BCUT2D eigenvalue weighted by Gasteiger charge is 2.47. The van der Waals surface area contributed by atoms with Crippen LogP contribution in [0.3, 0.4) is 0 Å². The number of nitrogens with one attached hydrogen (secondary N) is 2. The molecule has 1 aromatic carbocycles. The molecule has 10 heteroatoms. The highest BCUT2D eigenvalue weighted by Crippen LogP contribution is 2.37. The lowest BCUT2D eigenvalue weighted by Gasteiger charge is -2.34. The maximum absolute atomic E-state index is 13.4. The lowest BCUT2D eigenvalue weighted by atomic mass is 10.0. The summed E-state index contributed by atoms with van der Waals surface area (Å²) in [7, 11) is 0. The number of piperazine rings is 1. The number of benzene rings is 1. The monoisotopic (exact) mass is 439 g/mol. The molecule has 0 saturated carbocycles. The number of hydrogen-bond acceptors (Lipinski definition) is 7. The first-order valence-corrected chi connectivity index (χ1v) is 11.1. The van der Waals surface area contributed by atoms with E-state index in [0.717, 1.165) is 24.4 Å². The molecule has 0 aliphatic carbocycles. The Balaban J connectivity index is 1.46. The number of carbonyl (C=O) groups is 5. The van der Waals surface area contributed by atoms with Gasteiger partial charge in [-0.15, -0.1) is 0 Å².